The molecule has 21 heavy (non-hydrogen) atoms. The van der Waals surface area contributed by atoms with Crippen molar-refractivity contribution in [3.8, 4) is 0 Å². The molecule has 106 valence electrons. The molecule has 0 saturated carbocycles. The smallest absolute Gasteiger partial charge is 0.285 e. The quantitative estimate of drug-likeness (QED) is 0.864. The Morgan fingerprint density at radius 1 is 1.10 bits per heavy atom. The zero-order valence-corrected chi connectivity index (χ0v) is 12.0. The fourth-order valence-corrected chi connectivity index (χ4v) is 3.32. The number of benzene rings is 2. The van der Waals surface area contributed by atoms with Crippen LogP contribution in [0.2, 0.25) is 0 Å². The van der Waals surface area contributed by atoms with E-state index in [0.717, 1.165) is 0 Å². The van der Waals surface area contributed by atoms with Crippen molar-refractivity contribution in [3.05, 3.63) is 59.7 Å². The lowest BCUT2D eigenvalue weighted by Crippen LogP contribution is -2.11. The van der Waals surface area contributed by atoms with Gasteiger partial charge in [0.05, 0.1) is 0 Å². The van der Waals surface area contributed by atoms with Crippen molar-refractivity contribution in [2.75, 3.05) is 5.32 Å². The Kier molecular flexibility index (Phi) is 3.10. The van der Waals surface area contributed by atoms with Crippen LogP contribution in [0.25, 0.3) is 0 Å². The number of carbonyl (C=O) groups excluding carboxylic acids is 1. The summed E-state index contributed by atoms with van der Waals surface area (Å²) >= 11 is 0. The van der Waals surface area contributed by atoms with Gasteiger partial charge in [0.1, 0.15) is 4.90 Å². The number of carbonyl (C=O) groups is 1. The first-order chi connectivity index (χ1) is 9.97. The van der Waals surface area contributed by atoms with Gasteiger partial charge in [-0.2, -0.15) is 8.42 Å². The molecule has 0 aromatic heterocycles. The zero-order chi connectivity index (χ0) is 15.0. The van der Waals surface area contributed by atoms with Crippen LogP contribution in [0.5, 0.6) is 0 Å². The number of ketones is 1. The normalized spacial score (nSPS) is 15.2. The van der Waals surface area contributed by atoms with Gasteiger partial charge in [0.15, 0.2) is 11.6 Å². The molecule has 1 N–H and O–H groups in total. The number of hydrogen-bond acceptors (Lipinski definition) is 4. The summed E-state index contributed by atoms with van der Waals surface area (Å²) in [5.74, 6) is 0.214. The van der Waals surface area contributed by atoms with Gasteiger partial charge in [-0.1, -0.05) is 24.3 Å². The van der Waals surface area contributed by atoms with Gasteiger partial charge < -0.3 is 5.32 Å². The second-order valence-electron chi connectivity index (χ2n) is 4.67. The molecule has 0 saturated heterocycles. The van der Waals surface area contributed by atoms with Crippen molar-refractivity contribution >= 4 is 27.3 Å². The first-order valence-corrected chi connectivity index (χ1v) is 7.74. The van der Waals surface area contributed by atoms with Crippen LogP contribution in [0.4, 0.5) is 5.69 Å². The fourth-order valence-electron chi connectivity index (χ4n) is 2.15. The van der Waals surface area contributed by atoms with Crippen LogP contribution in [0.1, 0.15) is 22.8 Å². The van der Waals surface area contributed by atoms with Crippen LogP contribution in [0.15, 0.2) is 57.8 Å². The highest BCUT2D eigenvalue weighted by Gasteiger charge is 2.28. The number of anilines is 1. The zero-order valence-electron chi connectivity index (χ0n) is 11.2. The minimum absolute atomic E-state index is 0.0555. The van der Waals surface area contributed by atoms with Crippen LogP contribution in [0.3, 0.4) is 0 Å². The molecule has 0 atom stereocenters. The fraction of sp³-hybridized carbons (Fsp3) is 0.0667. The number of Topliss-reactive ketones (excluding diaryl/α,β-unsaturated/α-hetero) is 1. The van der Waals surface area contributed by atoms with Crippen LogP contribution >= 0.6 is 0 Å². The Hall–Kier alpha value is -2.47. The lowest BCUT2D eigenvalue weighted by Gasteiger charge is -2.07. The maximum absolute atomic E-state index is 11.9. The summed E-state index contributed by atoms with van der Waals surface area (Å²) in [6.07, 6.45) is 0. The van der Waals surface area contributed by atoms with Crippen molar-refractivity contribution < 1.29 is 13.2 Å². The van der Waals surface area contributed by atoms with Crippen molar-refractivity contribution in [1.82, 2.24) is 0 Å². The van der Waals surface area contributed by atoms with Crippen LogP contribution in [-0.4, -0.2) is 20.0 Å². The average Bonchev–Trinajstić information content (AvgIpc) is 2.71. The number of nitrogens with zero attached hydrogens (tertiary/aromatic N) is 1. The molecule has 0 unspecified atom stereocenters. The summed E-state index contributed by atoms with van der Waals surface area (Å²) < 4.78 is 27.6. The van der Waals surface area contributed by atoms with Crippen LogP contribution < -0.4 is 5.32 Å². The third-order valence-corrected chi connectivity index (χ3v) is 4.50. The molecule has 2 aromatic carbocycles. The molecule has 2 aromatic rings. The predicted octanol–water partition coefficient (Wildman–Crippen LogP) is 2.45. The Bertz CT molecular complexity index is 870. The summed E-state index contributed by atoms with van der Waals surface area (Å²) in [6, 6.07) is 13.5. The third kappa shape index (κ3) is 2.45. The number of fused-ring (bicyclic) bond motifs is 1. The molecule has 1 heterocycles. The van der Waals surface area contributed by atoms with Crippen molar-refractivity contribution in [1.29, 1.82) is 0 Å². The van der Waals surface area contributed by atoms with Gasteiger partial charge in [0, 0.05) is 16.8 Å². The molecular weight excluding hydrogens is 288 g/mol. The van der Waals surface area contributed by atoms with E-state index < -0.39 is 10.0 Å². The Balaban J connectivity index is 2.00. The molecule has 6 heteroatoms. The minimum atomic E-state index is -3.64. The number of nitrogens with one attached hydrogen (secondary N) is 1. The Morgan fingerprint density at radius 2 is 1.86 bits per heavy atom. The number of amidine groups is 1. The summed E-state index contributed by atoms with van der Waals surface area (Å²) in [5, 5.41) is 2.97. The van der Waals surface area contributed by atoms with E-state index in [1.807, 2.05) is 0 Å². The monoisotopic (exact) mass is 300 g/mol. The maximum atomic E-state index is 11.9. The number of rotatable bonds is 2. The molecule has 0 amide bonds. The van der Waals surface area contributed by atoms with E-state index in [1.165, 1.54) is 13.0 Å². The molecule has 0 bridgehead atoms. The van der Waals surface area contributed by atoms with Crippen LogP contribution in [-0.2, 0) is 10.0 Å². The first kappa shape index (κ1) is 13.5. The van der Waals surface area contributed by atoms with Gasteiger partial charge in [0.25, 0.3) is 10.0 Å². The molecule has 0 fully saturated rings. The number of sulfonamides is 1. The van der Waals surface area contributed by atoms with E-state index in [0.29, 0.717) is 16.8 Å². The summed E-state index contributed by atoms with van der Waals surface area (Å²) in [4.78, 5) is 11.6. The highest BCUT2D eigenvalue weighted by Crippen LogP contribution is 2.26. The van der Waals surface area contributed by atoms with Crippen molar-refractivity contribution in [3.63, 3.8) is 0 Å². The van der Waals surface area contributed by atoms with Gasteiger partial charge >= 0.3 is 0 Å². The van der Waals surface area contributed by atoms with E-state index in [1.54, 1.807) is 42.5 Å². The van der Waals surface area contributed by atoms with Crippen molar-refractivity contribution in [2.24, 2.45) is 4.40 Å². The lowest BCUT2D eigenvalue weighted by molar-refractivity contribution is 0.101. The molecule has 5 nitrogen and oxygen atoms in total. The van der Waals surface area contributed by atoms with E-state index in [9.17, 15) is 13.2 Å². The molecule has 3 rings (SSSR count). The van der Waals surface area contributed by atoms with Gasteiger partial charge in [-0.25, -0.2) is 0 Å². The first-order valence-electron chi connectivity index (χ1n) is 6.30. The SMILES string of the molecule is CC(=O)c1cccc(NC2=NS(=O)(=O)c3ccccc32)c1. The molecule has 1 aliphatic rings. The van der Waals surface area contributed by atoms with Crippen molar-refractivity contribution in [2.45, 2.75) is 11.8 Å². The van der Waals surface area contributed by atoms with E-state index in [4.69, 9.17) is 0 Å². The van der Waals surface area contributed by atoms with Crippen LogP contribution in [0, 0.1) is 0 Å². The Labute approximate surface area is 122 Å². The molecule has 1 aliphatic heterocycles. The van der Waals surface area contributed by atoms with Gasteiger partial charge in [-0.3, -0.25) is 4.79 Å². The standard InChI is InChI=1S/C15H12N2O3S/c1-10(18)11-5-4-6-12(9-11)16-15-13-7-2-3-8-14(13)21(19,20)17-15/h2-9H,1H3,(H,16,17). The van der Waals surface area contributed by atoms with E-state index in [2.05, 4.69) is 9.71 Å². The largest absolute Gasteiger partial charge is 0.339 e. The highest BCUT2D eigenvalue weighted by atomic mass is 32.2. The molecule has 0 radical (unpaired) electrons. The van der Waals surface area contributed by atoms with Gasteiger partial charge in [-0.15, -0.1) is 4.40 Å². The highest BCUT2D eigenvalue weighted by molar-refractivity contribution is 7.90. The van der Waals surface area contributed by atoms with E-state index >= 15 is 0 Å². The average molecular weight is 300 g/mol. The minimum Gasteiger partial charge on any atom is -0.339 e. The molecular formula is C15H12N2O3S. The van der Waals surface area contributed by atoms with E-state index in [-0.39, 0.29) is 16.5 Å². The lowest BCUT2D eigenvalue weighted by atomic mass is 10.1. The van der Waals surface area contributed by atoms with Gasteiger partial charge in [0.2, 0.25) is 0 Å². The van der Waals surface area contributed by atoms with Gasteiger partial charge in [-0.05, 0) is 31.2 Å². The second-order valence-corrected chi connectivity index (χ2v) is 6.25. The summed E-state index contributed by atoms with van der Waals surface area (Å²) in [5.41, 5.74) is 1.70. The number of hydrogen-bond donors (Lipinski definition) is 1. The predicted molar refractivity (Wildman–Crippen MR) is 80.2 cm³/mol. The molecule has 0 spiro atoms. The summed E-state index contributed by atoms with van der Waals surface area (Å²) in [6.45, 7) is 1.48. The Morgan fingerprint density at radius 3 is 2.62 bits per heavy atom. The maximum Gasteiger partial charge on any atom is 0.285 e. The summed E-state index contributed by atoms with van der Waals surface area (Å²) in [7, 11) is -3.64. The topological polar surface area (TPSA) is 75.6 Å². The molecule has 0 aliphatic carbocycles. The third-order valence-electron chi connectivity index (χ3n) is 3.16. The second kappa shape index (κ2) is 4.82.